The Morgan fingerprint density at radius 2 is 1.86 bits per heavy atom. The number of aryl methyl sites for hydroxylation is 1. The third-order valence-corrected chi connectivity index (χ3v) is 3.57. The highest BCUT2D eigenvalue weighted by molar-refractivity contribution is 5.96. The zero-order valence-corrected chi connectivity index (χ0v) is 11.3. The second-order valence-electron chi connectivity index (χ2n) is 5.15. The average molecular weight is 288 g/mol. The van der Waals surface area contributed by atoms with Gasteiger partial charge in [0.25, 0.3) is 0 Å². The highest BCUT2D eigenvalue weighted by Gasteiger charge is 2.24. The Bertz CT molecular complexity index is 695. The first-order valence-corrected chi connectivity index (χ1v) is 6.66. The van der Waals surface area contributed by atoms with Crippen LogP contribution >= 0.6 is 0 Å². The molecule has 21 heavy (non-hydrogen) atoms. The van der Waals surface area contributed by atoms with Gasteiger partial charge in [0.15, 0.2) is 0 Å². The molecule has 0 saturated carbocycles. The number of anilines is 2. The number of nitrogens with two attached hydrogens (primary N) is 1. The van der Waals surface area contributed by atoms with E-state index in [1.807, 2.05) is 0 Å². The molecule has 2 aromatic carbocycles. The molecule has 0 unspecified atom stereocenters. The number of amides is 1. The molecule has 0 spiro atoms. The largest absolute Gasteiger partial charge is 0.399 e. The Labute approximate surface area is 121 Å². The van der Waals surface area contributed by atoms with E-state index < -0.39 is 11.6 Å². The lowest BCUT2D eigenvalue weighted by Gasteiger charge is -2.29. The number of fused-ring (bicyclic) bond motifs is 1. The lowest BCUT2D eigenvalue weighted by atomic mass is 10.00. The third kappa shape index (κ3) is 2.72. The first kappa shape index (κ1) is 13.5. The van der Waals surface area contributed by atoms with E-state index in [9.17, 15) is 13.6 Å². The van der Waals surface area contributed by atoms with Crippen LogP contribution < -0.4 is 10.6 Å². The predicted molar refractivity (Wildman–Crippen MR) is 76.7 cm³/mol. The third-order valence-electron chi connectivity index (χ3n) is 3.57. The summed E-state index contributed by atoms with van der Waals surface area (Å²) in [6.45, 7) is 0.178. The number of hydrogen-bond donors (Lipinski definition) is 1. The van der Waals surface area contributed by atoms with Crippen LogP contribution in [0.2, 0.25) is 0 Å². The van der Waals surface area contributed by atoms with Crippen LogP contribution in [0.15, 0.2) is 36.4 Å². The molecule has 0 atom stereocenters. The fraction of sp³-hybridized carbons (Fsp3) is 0.188. The molecule has 0 bridgehead atoms. The van der Waals surface area contributed by atoms with Crippen LogP contribution in [0.3, 0.4) is 0 Å². The molecule has 0 aromatic heterocycles. The molecule has 1 aliphatic rings. The molecular weight excluding hydrogens is 274 g/mol. The average Bonchev–Trinajstić information content (AvgIpc) is 2.41. The summed E-state index contributed by atoms with van der Waals surface area (Å²) < 4.78 is 26.8. The summed E-state index contributed by atoms with van der Waals surface area (Å²) in [6, 6.07) is 8.57. The highest BCUT2D eigenvalue weighted by Crippen LogP contribution is 2.30. The van der Waals surface area contributed by atoms with Crippen molar-refractivity contribution in [3.63, 3.8) is 0 Å². The van der Waals surface area contributed by atoms with E-state index in [0.717, 1.165) is 5.56 Å². The minimum Gasteiger partial charge on any atom is -0.399 e. The van der Waals surface area contributed by atoms with Gasteiger partial charge in [-0.1, -0.05) is 6.07 Å². The molecule has 0 aliphatic carbocycles. The van der Waals surface area contributed by atoms with Gasteiger partial charge >= 0.3 is 0 Å². The van der Waals surface area contributed by atoms with Crippen LogP contribution in [0.4, 0.5) is 20.2 Å². The number of rotatable bonds is 2. The maximum atomic E-state index is 13.4. The van der Waals surface area contributed by atoms with Crippen molar-refractivity contribution in [1.82, 2.24) is 0 Å². The predicted octanol–water partition coefficient (Wildman–Crippen LogP) is 3.03. The second kappa shape index (κ2) is 5.16. The summed E-state index contributed by atoms with van der Waals surface area (Å²) >= 11 is 0. The van der Waals surface area contributed by atoms with E-state index in [-0.39, 0.29) is 12.5 Å². The number of benzene rings is 2. The SMILES string of the molecule is Nc1cc(F)cc(CN2C(=O)CCc3ccc(F)cc32)c1. The normalized spacial score (nSPS) is 14.2. The maximum Gasteiger partial charge on any atom is 0.227 e. The molecule has 0 radical (unpaired) electrons. The van der Waals surface area contributed by atoms with E-state index in [2.05, 4.69) is 0 Å². The maximum absolute atomic E-state index is 13.4. The molecule has 2 aromatic rings. The molecule has 1 amide bonds. The van der Waals surface area contributed by atoms with Gasteiger partial charge in [-0.25, -0.2) is 8.78 Å². The first-order chi connectivity index (χ1) is 10.0. The summed E-state index contributed by atoms with van der Waals surface area (Å²) in [5.74, 6) is -0.947. The molecule has 2 N–H and O–H groups in total. The second-order valence-corrected chi connectivity index (χ2v) is 5.15. The van der Waals surface area contributed by atoms with Gasteiger partial charge in [0.1, 0.15) is 11.6 Å². The molecule has 0 saturated heterocycles. The minimum atomic E-state index is -0.450. The smallest absolute Gasteiger partial charge is 0.227 e. The van der Waals surface area contributed by atoms with Gasteiger partial charge in [-0.3, -0.25) is 4.79 Å². The molecule has 108 valence electrons. The number of nitrogen functional groups attached to an aromatic ring is 1. The van der Waals surface area contributed by atoms with Crippen molar-refractivity contribution in [2.75, 3.05) is 10.6 Å². The Morgan fingerprint density at radius 1 is 1.05 bits per heavy atom. The van der Waals surface area contributed by atoms with Crippen molar-refractivity contribution >= 4 is 17.3 Å². The van der Waals surface area contributed by atoms with Crippen LogP contribution in [0.25, 0.3) is 0 Å². The molecule has 1 aliphatic heterocycles. The molecule has 3 nitrogen and oxygen atoms in total. The summed E-state index contributed by atoms with van der Waals surface area (Å²) in [4.78, 5) is 13.6. The minimum absolute atomic E-state index is 0.101. The number of carbonyl (C=O) groups is 1. The van der Waals surface area contributed by atoms with E-state index >= 15 is 0 Å². The number of nitrogens with zero attached hydrogens (tertiary/aromatic N) is 1. The number of carbonyl (C=O) groups excluding carboxylic acids is 1. The lowest BCUT2D eigenvalue weighted by Crippen LogP contribution is -2.34. The quantitative estimate of drug-likeness (QED) is 0.863. The van der Waals surface area contributed by atoms with E-state index in [1.165, 1.54) is 29.2 Å². The Balaban J connectivity index is 1.98. The van der Waals surface area contributed by atoms with Crippen molar-refractivity contribution in [3.8, 4) is 0 Å². The van der Waals surface area contributed by atoms with Gasteiger partial charge in [-0.2, -0.15) is 0 Å². The Morgan fingerprint density at radius 3 is 2.62 bits per heavy atom. The Kier molecular flexibility index (Phi) is 3.33. The van der Waals surface area contributed by atoms with E-state index in [4.69, 9.17) is 5.73 Å². The van der Waals surface area contributed by atoms with Gasteiger partial charge in [-0.05, 0) is 47.9 Å². The van der Waals surface area contributed by atoms with Gasteiger partial charge < -0.3 is 10.6 Å². The van der Waals surface area contributed by atoms with E-state index in [1.54, 1.807) is 12.1 Å². The fourth-order valence-corrected chi connectivity index (χ4v) is 2.63. The zero-order chi connectivity index (χ0) is 15.0. The number of hydrogen-bond acceptors (Lipinski definition) is 2. The molecular formula is C16H14F2N2O. The first-order valence-electron chi connectivity index (χ1n) is 6.66. The van der Waals surface area contributed by atoms with Crippen LogP contribution in [-0.4, -0.2) is 5.91 Å². The molecule has 0 fully saturated rings. The van der Waals surface area contributed by atoms with Crippen molar-refractivity contribution in [1.29, 1.82) is 0 Å². The monoisotopic (exact) mass is 288 g/mol. The van der Waals surface area contributed by atoms with Gasteiger partial charge in [0.05, 0.1) is 12.2 Å². The highest BCUT2D eigenvalue weighted by atomic mass is 19.1. The van der Waals surface area contributed by atoms with Gasteiger partial charge in [0.2, 0.25) is 5.91 Å². The summed E-state index contributed by atoms with van der Waals surface area (Å²) in [7, 11) is 0. The van der Waals surface area contributed by atoms with Gasteiger partial charge in [0, 0.05) is 12.1 Å². The fourth-order valence-electron chi connectivity index (χ4n) is 2.63. The molecule has 1 heterocycles. The zero-order valence-electron chi connectivity index (χ0n) is 11.3. The van der Waals surface area contributed by atoms with E-state index in [0.29, 0.717) is 29.8 Å². The molecule has 5 heteroatoms. The van der Waals surface area contributed by atoms with Crippen molar-refractivity contribution in [3.05, 3.63) is 59.2 Å². The number of halogens is 2. The van der Waals surface area contributed by atoms with Crippen LogP contribution in [-0.2, 0) is 17.8 Å². The topological polar surface area (TPSA) is 46.3 Å². The summed E-state index contributed by atoms with van der Waals surface area (Å²) in [5.41, 5.74) is 7.96. The van der Waals surface area contributed by atoms with Crippen LogP contribution in [0.1, 0.15) is 17.5 Å². The van der Waals surface area contributed by atoms with Crippen molar-refractivity contribution in [2.24, 2.45) is 0 Å². The van der Waals surface area contributed by atoms with Crippen molar-refractivity contribution < 1.29 is 13.6 Å². The van der Waals surface area contributed by atoms with Crippen molar-refractivity contribution in [2.45, 2.75) is 19.4 Å². The van der Waals surface area contributed by atoms with Gasteiger partial charge in [-0.15, -0.1) is 0 Å². The lowest BCUT2D eigenvalue weighted by molar-refractivity contribution is -0.119. The summed E-state index contributed by atoms with van der Waals surface area (Å²) in [6.07, 6.45) is 0.958. The standard InChI is InChI=1S/C16H14F2N2O/c17-12-3-1-11-2-4-16(21)20(15(11)8-12)9-10-5-13(18)7-14(19)6-10/h1,3,5-8H,2,4,9,19H2. The summed E-state index contributed by atoms with van der Waals surface area (Å²) in [5, 5.41) is 0. The van der Waals surface area contributed by atoms with Crippen LogP contribution in [0.5, 0.6) is 0 Å². The molecule has 3 rings (SSSR count). The Hall–Kier alpha value is -2.43. The van der Waals surface area contributed by atoms with Crippen LogP contribution in [0, 0.1) is 11.6 Å².